The van der Waals surface area contributed by atoms with E-state index in [0.29, 0.717) is 12.3 Å². The molecule has 1 atom stereocenters. The molecule has 3 rings (SSSR count). The second kappa shape index (κ2) is 8.91. The SMILES string of the molecule is CCCCOc1ccc(NC(=O)NCC(O)(c2ccccc2)C2CC2)cc1. The van der Waals surface area contributed by atoms with Crippen molar-refractivity contribution < 1.29 is 14.6 Å². The summed E-state index contributed by atoms with van der Waals surface area (Å²) in [5.74, 6) is 0.987. The Morgan fingerprint density at radius 3 is 2.48 bits per heavy atom. The molecule has 0 saturated heterocycles. The zero-order chi connectivity index (χ0) is 19.1. The number of unbranched alkanes of at least 4 members (excludes halogenated alkanes) is 1. The first-order valence-corrected chi connectivity index (χ1v) is 9.67. The van der Waals surface area contributed by atoms with E-state index < -0.39 is 5.60 Å². The minimum Gasteiger partial charge on any atom is -0.494 e. The van der Waals surface area contributed by atoms with Gasteiger partial charge in [-0.05, 0) is 55.0 Å². The van der Waals surface area contributed by atoms with Crippen molar-refractivity contribution in [2.24, 2.45) is 5.92 Å². The fourth-order valence-corrected chi connectivity index (χ4v) is 3.13. The lowest BCUT2D eigenvalue weighted by Crippen LogP contribution is -2.43. The van der Waals surface area contributed by atoms with Crippen LogP contribution >= 0.6 is 0 Å². The number of aliphatic hydroxyl groups is 1. The molecule has 1 aliphatic rings. The molecule has 0 heterocycles. The van der Waals surface area contributed by atoms with Crippen LogP contribution in [0.3, 0.4) is 0 Å². The average molecular weight is 368 g/mol. The van der Waals surface area contributed by atoms with Crippen LogP contribution in [-0.4, -0.2) is 24.3 Å². The van der Waals surface area contributed by atoms with Crippen molar-refractivity contribution in [1.29, 1.82) is 0 Å². The molecule has 3 N–H and O–H groups in total. The lowest BCUT2D eigenvalue weighted by Gasteiger charge is -2.29. The van der Waals surface area contributed by atoms with E-state index in [1.54, 1.807) is 0 Å². The van der Waals surface area contributed by atoms with E-state index >= 15 is 0 Å². The molecular weight excluding hydrogens is 340 g/mol. The third kappa shape index (κ3) is 5.23. The summed E-state index contributed by atoms with van der Waals surface area (Å²) in [4.78, 5) is 12.3. The van der Waals surface area contributed by atoms with E-state index in [2.05, 4.69) is 17.6 Å². The van der Waals surface area contributed by atoms with Crippen LogP contribution < -0.4 is 15.4 Å². The van der Waals surface area contributed by atoms with Crippen molar-refractivity contribution in [3.63, 3.8) is 0 Å². The molecule has 27 heavy (non-hydrogen) atoms. The number of carbonyl (C=O) groups is 1. The van der Waals surface area contributed by atoms with Crippen molar-refractivity contribution in [3.8, 4) is 5.75 Å². The van der Waals surface area contributed by atoms with Gasteiger partial charge in [-0.2, -0.15) is 0 Å². The molecule has 0 spiro atoms. The van der Waals surface area contributed by atoms with Crippen LogP contribution in [0.4, 0.5) is 10.5 Å². The Hall–Kier alpha value is -2.53. The summed E-state index contributed by atoms with van der Waals surface area (Å²) in [5.41, 5.74) is 0.515. The summed E-state index contributed by atoms with van der Waals surface area (Å²) in [5, 5.41) is 16.7. The first-order valence-electron chi connectivity index (χ1n) is 9.67. The van der Waals surface area contributed by atoms with Gasteiger partial charge in [0.1, 0.15) is 11.4 Å². The van der Waals surface area contributed by atoms with E-state index in [-0.39, 0.29) is 18.5 Å². The number of amides is 2. The van der Waals surface area contributed by atoms with E-state index in [1.807, 2.05) is 54.6 Å². The number of nitrogens with one attached hydrogen (secondary N) is 2. The maximum atomic E-state index is 12.3. The lowest BCUT2D eigenvalue weighted by molar-refractivity contribution is 0.0164. The van der Waals surface area contributed by atoms with Crippen molar-refractivity contribution in [2.45, 2.75) is 38.2 Å². The van der Waals surface area contributed by atoms with Crippen LogP contribution in [0.25, 0.3) is 0 Å². The Labute approximate surface area is 160 Å². The first kappa shape index (κ1) is 19.2. The minimum absolute atomic E-state index is 0.186. The van der Waals surface area contributed by atoms with Gasteiger partial charge in [-0.15, -0.1) is 0 Å². The highest BCUT2D eigenvalue weighted by molar-refractivity contribution is 5.89. The van der Waals surface area contributed by atoms with Crippen LogP contribution in [0.15, 0.2) is 54.6 Å². The standard InChI is InChI=1S/C22H28N2O3/c1-2-3-15-27-20-13-11-19(12-14-20)24-21(25)23-16-22(26,18-9-10-18)17-7-5-4-6-8-17/h4-8,11-14,18,26H,2-3,9-10,15-16H2,1H3,(H2,23,24,25). The normalized spacial score (nSPS) is 15.6. The Kier molecular flexibility index (Phi) is 6.35. The van der Waals surface area contributed by atoms with E-state index in [4.69, 9.17) is 4.74 Å². The Morgan fingerprint density at radius 2 is 1.85 bits per heavy atom. The predicted molar refractivity (Wildman–Crippen MR) is 107 cm³/mol. The number of ether oxygens (including phenoxy) is 1. The van der Waals surface area contributed by atoms with Gasteiger partial charge >= 0.3 is 6.03 Å². The summed E-state index contributed by atoms with van der Waals surface area (Å²) >= 11 is 0. The largest absolute Gasteiger partial charge is 0.494 e. The van der Waals surface area contributed by atoms with Crippen molar-refractivity contribution in [2.75, 3.05) is 18.5 Å². The highest BCUT2D eigenvalue weighted by atomic mass is 16.5. The molecule has 1 unspecified atom stereocenters. The van der Waals surface area contributed by atoms with Gasteiger partial charge in [0.2, 0.25) is 0 Å². The van der Waals surface area contributed by atoms with Gasteiger partial charge in [-0.25, -0.2) is 4.79 Å². The number of urea groups is 1. The molecule has 2 aromatic rings. The van der Waals surface area contributed by atoms with Crippen LogP contribution in [0.1, 0.15) is 38.2 Å². The number of hydrogen-bond acceptors (Lipinski definition) is 3. The molecule has 5 heteroatoms. The van der Waals surface area contributed by atoms with Gasteiger partial charge in [-0.1, -0.05) is 43.7 Å². The number of hydrogen-bond donors (Lipinski definition) is 3. The van der Waals surface area contributed by atoms with Crippen LogP contribution in [0, 0.1) is 5.92 Å². The predicted octanol–water partition coefficient (Wildman–Crippen LogP) is 4.28. The second-order valence-corrected chi connectivity index (χ2v) is 7.10. The maximum Gasteiger partial charge on any atom is 0.319 e. The van der Waals surface area contributed by atoms with Gasteiger partial charge in [0.25, 0.3) is 0 Å². The lowest BCUT2D eigenvalue weighted by atomic mass is 9.89. The van der Waals surface area contributed by atoms with Gasteiger partial charge in [0, 0.05) is 5.69 Å². The summed E-state index contributed by atoms with van der Waals surface area (Å²) in [6.45, 7) is 3.01. The van der Waals surface area contributed by atoms with Crippen LogP contribution in [0.2, 0.25) is 0 Å². The Morgan fingerprint density at radius 1 is 1.15 bits per heavy atom. The smallest absolute Gasteiger partial charge is 0.319 e. The molecule has 1 aliphatic carbocycles. The van der Waals surface area contributed by atoms with Crippen molar-refractivity contribution >= 4 is 11.7 Å². The molecule has 0 aromatic heterocycles. The van der Waals surface area contributed by atoms with Gasteiger partial charge < -0.3 is 20.5 Å². The van der Waals surface area contributed by atoms with Crippen LogP contribution in [0.5, 0.6) is 5.75 Å². The molecule has 0 radical (unpaired) electrons. The summed E-state index contributed by atoms with van der Waals surface area (Å²) in [6, 6.07) is 16.5. The number of anilines is 1. The molecule has 0 aliphatic heterocycles. The molecule has 2 aromatic carbocycles. The molecule has 1 fully saturated rings. The first-order chi connectivity index (χ1) is 13.1. The van der Waals surface area contributed by atoms with Gasteiger partial charge in [0.05, 0.1) is 13.2 Å². The van der Waals surface area contributed by atoms with Gasteiger partial charge in [0.15, 0.2) is 0 Å². The highest BCUT2D eigenvalue weighted by Gasteiger charge is 2.45. The molecule has 0 bridgehead atoms. The van der Waals surface area contributed by atoms with E-state index in [9.17, 15) is 9.90 Å². The zero-order valence-corrected chi connectivity index (χ0v) is 15.8. The molecule has 5 nitrogen and oxygen atoms in total. The fraction of sp³-hybridized carbons (Fsp3) is 0.409. The Bertz CT molecular complexity index is 729. The molecule has 144 valence electrons. The van der Waals surface area contributed by atoms with Gasteiger partial charge in [-0.3, -0.25) is 0 Å². The van der Waals surface area contributed by atoms with Crippen LogP contribution in [-0.2, 0) is 5.60 Å². The topological polar surface area (TPSA) is 70.6 Å². The highest BCUT2D eigenvalue weighted by Crippen LogP contribution is 2.45. The summed E-state index contributed by atoms with van der Waals surface area (Å²) < 4.78 is 5.62. The second-order valence-electron chi connectivity index (χ2n) is 7.10. The Balaban J connectivity index is 1.53. The number of rotatable bonds is 9. The number of carbonyl (C=O) groups excluding carboxylic acids is 1. The van der Waals surface area contributed by atoms with E-state index in [1.165, 1.54) is 0 Å². The zero-order valence-electron chi connectivity index (χ0n) is 15.8. The molecule has 1 saturated carbocycles. The average Bonchev–Trinajstić information content (AvgIpc) is 3.54. The summed E-state index contributed by atoms with van der Waals surface area (Å²) in [7, 11) is 0. The maximum absolute atomic E-state index is 12.3. The van der Waals surface area contributed by atoms with E-state index in [0.717, 1.165) is 37.0 Å². The third-order valence-electron chi connectivity index (χ3n) is 4.92. The number of benzene rings is 2. The third-order valence-corrected chi connectivity index (χ3v) is 4.92. The molecular formula is C22H28N2O3. The minimum atomic E-state index is -1.02. The van der Waals surface area contributed by atoms with Crippen molar-refractivity contribution in [3.05, 3.63) is 60.2 Å². The molecule has 2 amide bonds. The van der Waals surface area contributed by atoms with Crippen molar-refractivity contribution in [1.82, 2.24) is 5.32 Å². The summed E-state index contributed by atoms with van der Waals surface area (Å²) in [6.07, 6.45) is 4.08. The quantitative estimate of drug-likeness (QED) is 0.579. The monoisotopic (exact) mass is 368 g/mol. The fourth-order valence-electron chi connectivity index (χ4n) is 3.13.